The average molecular weight is 335 g/mol. The van der Waals surface area contributed by atoms with Crippen molar-refractivity contribution < 1.29 is 18.7 Å². The van der Waals surface area contributed by atoms with Gasteiger partial charge in [0.15, 0.2) is 5.13 Å². The van der Waals surface area contributed by atoms with E-state index in [0.717, 1.165) is 6.07 Å². The maximum absolute atomic E-state index is 14.2. The molecule has 0 aliphatic carbocycles. The highest BCUT2D eigenvalue weighted by atomic mass is 32.1. The molecule has 1 N–H and O–H groups in total. The zero-order valence-electron chi connectivity index (χ0n) is 12.3. The number of nitrogens with one attached hydrogen (secondary N) is 1. The highest BCUT2D eigenvalue weighted by molar-refractivity contribution is 7.13. The molecular formula is C15H14FN3O3S. The molecule has 2 amide bonds. The van der Waals surface area contributed by atoms with Crippen molar-refractivity contribution in [3.05, 3.63) is 41.2 Å². The molecule has 1 aliphatic rings. The minimum absolute atomic E-state index is 0.108. The summed E-state index contributed by atoms with van der Waals surface area (Å²) in [5.41, 5.74) is 0.262. The van der Waals surface area contributed by atoms with Crippen molar-refractivity contribution >= 4 is 34.2 Å². The summed E-state index contributed by atoms with van der Waals surface area (Å²) >= 11 is 1.24. The third-order valence-electron chi connectivity index (χ3n) is 3.49. The van der Waals surface area contributed by atoms with Gasteiger partial charge in [-0.05, 0) is 24.6 Å². The Balaban J connectivity index is 1.78. The normalized spacial score (nSPS) is 17.2. The summed E-state index contributed by atoms with van der Waals surface area (Å²) in [6.07, 6.45) is 1.54. The number of hydrogen-bond acceptors (Lipinski definition) is 5. The molecule has 8 heteroatoms. The number of amides is 2. The first-order valence-corrected chi connectivity index (χ1v) is 7.95. The van der Waals surface area contributed by atoms with Crippen molar-refractivity contribution in [2.24, 2.45) is 0 Å². The van der Waals surface area contributed by atoms with Crippen LogP contribution in [0.2, 0.25) is 0 Å². The topological polar surface area (TPSA) is 71.5 Å². The number of carbonyl (C=O) groups excluding carboxylic acids is 2. The zero-order valence-corrected chi connectivity index (χ0v) is 13.1. The summed E-state index contributed by atoms with van der Waals surface area (Å²) in [4.78, 5) is 29.1. The van der Waals surface area contributed by atoms with E-state index in [2.05, 4.69) is 10.3 Å². The van der Waals surface area contributed by atoms with Gasteiger partial charge in [-0.2, -0.15) is 0 Å². The average Bonchev–Trinajstić information content (AvgIpc) is 3.16. The molecule has 1 atom stereocenters. The molecular weight excluding hydrogens is 321 g/mol. The van der Waals surface area contributed by atoms with Crippen LogP contribution in [0.4, 0.5) is 20.0 Å². The minimum atomic E-state index is -0.704. The molecule has 120 valence electrons. The Morgan fingerprint density at radius 2 is 2.39 bits per heavy atom. The third-order valence-corrected chi connectivity index (χ3v) is 4.18. The van der Waals surface area contributed by atoms with Crippen molar-refractivity contribution in [1.82, 2.24) is 4.98 Å². The van der Waals surface area contributed by atoms with E-state index >= 15 is 0 Å². The molecule has 6 nitrogen and oxygen atoms in total. The largest absolute Gasteiger partial charge is 0.444 e. The summed E-state index contributed by atoms with van der Waals surface area (Å²) in [5, 5.41) is 4.62. The van der Waals surface area contributed by atoms with Crippen molar-refractivity contribution in [2.75, 3.05) is 16.8 Å². The molecule has 2 heterocycles. The van der Waals surface area contributed by atoms with E-state index in [4.69, 9.17) is 4.74 Å². The van der Waals surface area contributed by atoms with Crippen molar-refractivity contribution in [1.29, 1.82) is 0 Å². The fourth-order valence-corrected chi connectivity index (χ4v) is 2.77. The predicted octanol–water partition coefficient (Wildman–Crippen LogP) is 3.27. The number of aromatic nitrogens is 1. The smallest absolute Gasteiger partial charge is 0.414 e. The van der Waals surface area contributed by atoms with Crippen LogP contribution < -0.4 is 10.2 Å². The van der Waals surface area contributed by atoms with E-state index in [1.54, 1.807) is 11.6 Å². The molecule has 2 aromatic rings. The van der Waals surface area contributed by atoms with Crippen LogP contribution in [-0.2, 0) is 4.74 Å². The van der Waals surface area contributed by atoms with E-state index in [0.29, 0.717) is 23.8 Å². The fraction of sp³-hybridized carbons (Fsp3) is 0.267. The second-order valence-corrected chi connectivity index (χ2v) is 5.87. The number of benzene rings is 1. The Morgan fingerprint density at radius 3 is 3.00 bits per heavy atom. The van der Waals surface area contributed by atoms with Gasteiger partial charge < -0.3 is 4.74 Å². The zero-order chi connectivity index (χ0) is 16.4. The third kappa shape index (κ3) is 3.16. The quantitative estimate of drug-likeness (QED) is 0.931. The first kappa shape index (κ1) is 15.4. The SMILES string of the molecule is CCC1CN(c2ccc(C(=O)Nc3nccs3)c(F)c2)C(=O)O1. The summed E-state index contributed by atoms with van der Waals surface area (Å²) in [5.74, 6) is -1.29. The number of nitrogens with zero attached hydrogens (tertiary/aromatic N) is 2. The molecule has 0 bridgehead atoms. The number of carbonyl (C=O) groups is 2. The van der Waals surface area contributed by atoms with E-state index < -0.39 is 17.8 Å². The van der Waals surface area contributed by atoms with E-state index in [-0.39, 0.29) is 11.7 Å². The monoisotopic (exact) mass is 335 g/mol. The molecule has 1 aromatic carbocycles. The van der Waals surface area contributed by atoms with Crippen LogP contribution >= 0.6 is 11.3 Å². The van der Waals surface area contributed by atoms with Gasteiger partial charge in [0, 0.05) is 11.6 Å². The summed E-state index contributed by atoms with van der Waals surface area (Å²) in [6, 6.07) is 4.04. The van der Waals surface area contributed by atoms with Crippen molar-refractivity contribution in [2.45, 2.75) is 19.4 Å². The van der Waals surface area contributed by atoms with E-state index in [1.165, 1.54) is 28.4 Å². The maximum Gasteiger partial charge on any atom is 0.414 e. The molecule has 1 aliphatic heterocycles. The van der Waals surface area contributed by atoms with Crippen LogP contribution in [0.3, 0.4) is 0 Å². The number of anilines is 2. The Bertz CT molecular complexity index is 736. The van der Waals surface area contributed by atoms with Gasteiger partial charge in [0.05, 0.1) is 17.8 Å². The Morgan fingerprint density at radius 1 is 1.57 bits per heavy atom. The highest BCUT2D eigenvalue weighted by Crippen LogP contribution is 2.25. The van der Waals surface area contributed by atoms with Gasteiger partial charge in [-0.3, -0.25) is 15.0 Å². The second kappa shape index (κ2) is 6.33. The number of thiazole rings is 1. The lowest BCUT2D eigenvalue weighted by atomic mass is 10.1. The predicted molar refractivity (Wildman–Crippen MR) is 84.4 cm³/mol. The highest BCUT2D eigenvalue weighted by Gasteiger charge is 2.31. The Hall–Kier alpha value is -2.48. The van der Waals surface area contributed by atoms with Crippen LogP contribution in [0.15, 0.2) is 29.8 Å². The maximum atomic E-state index is 14.2. The molecule has 1 unspecified atom stereocenters. The molecule has 1 fully saturated rings. The molecule has 23 heavy (non-hydrogen) atoms. The molecule has 0 spiro atoms. The van der Waals surface area contributed by atoms with Gasteiger partial charge in [-0.25, -0.2) is 14.2 Å². The summed E-state index contributed by atoms with van der Waals surface area (Å²) in [7, 11) is 0. The van der Waals surface area contributed by atoms with Crippen LogP contribution in [0.5, 0.6) is 0 Å². The van der Waals surface area contributed by atoms with Gasteiger partial charge in [0.25, 0.3) is 5.91 Å². The molecule has 1 saturated heterocycles. The fourth-order valence-electron chi connectivity index (χ4n) is 2.25. The summed E-state index contributed by atoms with van der Waals surface area (Å²) in [6.45, 7) is 2.29. The first-order valence-electron chi connectivity index (χ1n) is 7.07. The number of ether oxygens (including phenoxy) is 1. The van der Waals surface area contributed by atoms with Gasteiger partial charge in [0.1, 0.15) is 11.9 Å². The van der Waals surface area contributed by atoms with Gasteiger partial charge >= 0.3 is 6.09 Å². The first-order chi connectivity index (χ1) is 11.1. The molecule has 3 rings (SSSR count). The summed E-state index contributed by atoms with van der Waals surface area (Å²) < 4.78 is 19.4. The van der Waals surface area contributed by atoms with Crippen LogP contribution in [0.25, 0.3) is 0 Å². The van der Waals surface area contributed by atoms with Gasteiger partial charge in [-0.1, -0.05) is 6.92 Å². The lowest BCUT2D eigenvalue weighted by Gasteiger charge is -2.14. The van der Waals surface area contributed by atoms with E-state index in [9.17, 15) is 14.0 Å². The minimum Gasteiger partial charge on any atom is -0.444 e. The van der Waals surface area contributed by atoms with E-state index in [1.807, 2.05) is 6.92 Å². The number of hydrogen-bond donors (Lipinski definition) is 1. The van der Waals surface area contributed by atoms with Crippen LogP contribution in [0.1, 0.15) is 23.7 Å². The molecule has 0 radical (unpaired) electrons. The van der Waals surface area contributed by atoms with Crippen LogP contribution in [-0.4, -0.2) is 29.6 Å². The van der Waals surface area contributed by atoms with Crippen molar-refractivity contribution in [3.63, 3.8) is 0 Å². The number of halogens is 1. The van der Waals surface area contributed by atoms with Crippen molar-refractivity contribution in [3.8, 4) is 0 Å². The lowest BCUT2D eigenvalue weighted by Crippen LogP contribution is -2.25. The Kier molecular flexibility index (Phi) is 4.24. The number of rotatable bonds is 4. The second-order valence-electron chi connectivity index (χ2n) is 4.98. The number of cyclic esters (lactones) is 1. The Labute approximate surface area is 135 Å². The van der Waals surface area contributed by atoms with Gasteiger partial charge in [0.2, 0.25) is 0 Å². The molecule has 1 aromatic heterocycles. The van der Waals surface area contributed by atoms with Crippen LogP contribution in [0, 0.1) is 5.82 Å². The van der Waals surface area contributed by atoms with Gasteiger partial charge in [-0.15, -0.1) is 11.3 Å². The molecule has 0 saturated carbocycles. The lowest BCUT2D eigenvalue weighted by molar-refractivity contribution is 0.102. The standard InChI is InChI=1S/C15H14FN3O3S/c1-2-10-8-19(15(21)22-10)9-3-4-11(12(16)7-9)13(20)18-14-17-5-6-23-14/h3-7,10H,2,8H2,1H3,(H,17,18,20).